The number of nitrogens with zero attached hydrogens (tertiary/aromatic N) is 3. The van der Waals surface area contributed by atoms with E-state index in [1.165, 1.54) is 11.3 Å². The topological polar surface area (TPSA) is 91.7 Å². The summed E-state index contributed by atoms with van der Waals surface area (Å²) in [6.45, 7) is 1.61. The summed E-state index contributed by atoms with van der Waals surface area (Å²) in [6, 6.07) is 6.48. The molecule has 2 aliphatic rings. The molecule has 1 aliphatic carbocycles. The number of anilines is 1. The van der Waals surface area contributed by atoms with Gasteiger partial charge in [-0.2, -0.15) is 5.10 Å². The first kappa shape index (κ1) is 20.4. The molecular formula is C19H22N4O3S3. The van der Waals surface area contributed by atoms with Crippen LogP contribution in [0.25, 0.3) is 0 Å². The summed E-state index contributed by atoms with van der Waals surface area (Å²) in [5, 5.41) is 9.53. The Kier molecular flexibility index (Phi) is 5.93. The van der Waals surface area contributed by atoms with Crippen LogP contribution in [-0.2, 0) is 14.6 Å². The molecule has 29 heavy (non-hydrogen) atoms. The van der Waals surface area contributed by atoms with Gasteiger partial charge in [-0.3, -0.25) is 15.1 Å². The van der Waals surface area contributed by atoms with Gasteiger partial charge in [0.15, 0.2) is 20.7 Å². The van der Waals surface area contributed by atoms with Gasteiger partial charge in [-0.25, -0.2) is 13.4 Å². The van der Waals surface area contributed by atoms with Crippen molar-refractivity contribution >= 4 is 49.7 Å². The van der Waals surface area contributed by atoms with E-state index >= 15 is 0 Å². The van der Waals surface area contributed by atoms with Crippen LogP contribution < -0.4 is 5.32 Å². The Morgan fingerprint density at radius 3 is 2.52 bits per heavy atom. The van der Waals surface area contributed by atoms with Gasteiger partial charge in [0, 0.05) is 18.7 Å². The molecule has 4 rings (SSSR count). The number of thiazole rings is 1. The number of thioether (sulfide) groups is 1. The van der Waals surface area contributed by atoms with Crippen LogP contribution in [0.5, 0.6) is 0 Å². The number of sulfone groups is 1. The van der Waals surface area contributed by atoms with Crippen LogP contribution in [-0.4, -0.2) is 54.6 Å². The number of rotatable bonds is 7. The molecule has 1 aromatic heterocycles. The van der Waals surface area contributed by atoms with Gasteiger partial charge in [0.1, 0.15) is 0 Å². The second-order valence-electron chi connectivity index (χ2n) is 7.02. The number of nitrogens with one attached hydrogen (secondary N) is 1. The monoisotopic (exact) mass is 450 g/mol. The van der Waals surface area contributed by atoms with E-state index in [1.54, 1.807) is 42.2 Å². The summed E-state index contributed by atoms with van der Waals surface area (Å²) in [6.07, 6.45) is 7.21. The van der Waals surface area contributed by atoms with Crippen molar-refractivity contribution in [1.29, 1.82) is 0 Å². The number of hydrogen-bond donors (Lipinski definition) is 1. The Hall–Kier alpha value is -1.91. The summed E-state index contributed by atoms with van der Waals surface area (Å²) < 4.78 is 25.9. The summed E-state index contributed by atoms with van der Waals surface area (Å²) in [7, 11) is -3.26. The van der Waals surface area contributed by atoms with Gasteiger partial charge in [0.2, 0.25) is 0 Å². The number of hydrogen-bond acceptors (Lipinski definition) is 8. The zero-order valence-corrected chi connectivity index (χ0v) is 18.4. The maximum atomic E-state index is 13.0. The van der Waals surface area contributed by atoms with Crippen LogP contribution in [0.1, 0.15) is 31.2 Å². The first-order valence-corrected chi connectivity index (χ1v) is 13.0. The van der Waals surface area contributed by atoms with Crippen LogP contribution in [0.15, 0.2) is 44.7 Å². The minimum absolute atomic E-state index is 0.259. The standard InChI is InChI=1S/C19H22N4O3S3/c1-27-16-12-20-19(28-16)21-18(24)17(22-23-10-2-3-11-23)13-4-6-14(7-5-13)29(25,26)15-8-9-15/h4-7,12,15H,2-3,8-11H2,1H3,(H,20,21,24). The maximum absolute atomic E-state index is 13.0. The van der Waals surface area contributed by atoms with Crippen LogP contribution in [0.4, 0.5) is 5.13 Å². The highest BCUT2D eigenvalue weighted by Gasteiger charge is 2.36. The average Bonchev–Trinajstić information content (AvgIpc) is 3.29. The molecule has 10 heteroatoms. The number of carbonyl (C=O) groups is 1. The molecule has 1 amide bonds. The minimum atomic E-state index is -3.26. The fourth-order valence-electron chi connectivity index (χ4n) is 3.12. The maximum Gasteiger partial charge on any atom is 0.278 e. The number of hydrazone groups is 1. The van der Waals surface area contributed by atoms with E-state index in [-0.39, 0.29) is 16.9 Å². The highest BCUT2D eigenvalue weighted by molar-refractivity contribution is 8.00. The van der Waals surface area contributed by atoms with E-state index < -0.39 is 9.84 Å². The quantitative estimate of drug-likeness (QED) is 0.514. The zero-order valence-electron chi connectivity index (χ0n) is 16.0. The van der Waals surface area contributed by atoms with E-state index in [0.29, 0.717) is 15.6 Å². The Labute approximate surface area is 178 Å². The number of carbonyl (C=O) groups excluding carboxylic acids is 1. The van der Waals surface area contributed by atoms with Gasteiger partial charge in [0.25, 0.3) is 5.91 Å². The lowest BCUT2D eigenvalue weighted by atomic mass is 10.1. The largest absolute Gasteiger partial charge is 0.296 e. The molecule has 0 spiro atoms. The lowest BCUT2D eigenvalue weighted by molar-refractivity contribution is -0.110. The van der Waals surface area contributed by atoms with Crippen molar-refractivity contribution in [3.05, 3.63) is 36.0 Å². The lowest BCUT2D eigenvalue weighted by Crippen LogP contribution is -2.27. The fourth-order valence-corrected chi connectivity index (χ4v) is 6.05. The molecule has 2 fully saturated rings. The third kappa shape index (κ3) is 4.65. The SMILES string of the molecule is CSc1cnc(NC(=O)C(=NN2CCCC2)c2ccc(S(=O)(=O)C3CC3)cc2)s1. The van der Waals surface area contributed by atoms with E-state index in [9.17, 15) is 13.2 Å². The first-order chi connectivity index (χ1) is 14.0. The Morgan fingerprint density at radius 1 is 1.24 bits per heavy atom. The van der Waals surface area contributed by atoms with Crippen molar-refractivity contribution in [2.24, 2.45) is 5.10 Å². The fraction of sp³-hybridized carbons (Fsp3) is 0.421. The molecular weight excluding hydrogens is 428 g/mol. The number of benzene rings is 1. The molecule has 2 heterocycles. The van der Waals surface area contributed by atoms with Crippen LogP contribution in [0.3, 0.4) is 0 Å². The zero-order chi connectivity index (χ0) is 20.4. The molecule has 154 valence electrons. The summed E-state index contributed by atoms with van der Waals surface area (Å²) in [5.74, 6) is -0.350. The molecule has 1 aromatic carbocycles. The average molecular weight is 451 g/mol. The normalized spacial score (nSPS) is 17.6. The van der Waals surface area contributed by atoms with E-state index in [1.807, 2.05) is 11.3 Å². The van der Waals surface area contributed by atoms with Crippen molar-refractivity contribution in [3.63, 3.8) is 0 Å². The Bertz CT molecular complexity index is 1020. The number of amides is 1. The van der Waals surface area contributed by atoms with Gasteiger partial charge in [-0.05, 0) is 44.1 Å². The van der Waals surface area contributed by atoms with E-state index in [0.717, 1.165) is 43.0 Å². The molecule has 1 saturated heterocycles. The van der Waals surface area contributed by atoms with Gasteiger partial charge in [-0.1, -0.05) is 23.5 Å². The summed E-state index contributed by atoms with van der Waals surface area (Å²) >= 11 is 2.97. The van der Waals surface area contributed by atoms with Gasteiger partial charge >= 0.3 is 0 Å². The highest BCUT2D eigenvalue weighted by atomic mass is 32.2. The Balaban J connectivity index is 1.60. The van der Waals surface area contributed by atoms with Crippen molar-refractivity contribution in [1.82, 2.24) is 9.99 Å². The van der Waals surface area contributed by atoms with Crippen LogP contribution in [0, 0.1) is 0 Å². The molecule has 1 N–H and O–H groups in total. The molecule has 1 saturated carbocycles. The summed E-state index contributed by atoms with van der Waals surface area (Å²) in [5.41, 5.74) is 0.856. The van der Waals surface area contributed by atoms with Crippen LogP contribution >= 0.6 is 23.1 Å². The van der Waals surface area contributed by atoms with Gasteiger partial charge in [0.05, 0.1) is 20.6 Å². The van der Waals surface area contributed by atoms with Crippen LogP contribution in [0.2, 0.25) is 0 Å². The smallest absolute Gasteiger partial charge is 0.278 e. The van der Waals surface area contributed by atoms with Crippen molar-refractivity contribution in [2.45, 2.75) is 40.0 Å². The highest BCUT2D eigenvalue weighted by Crippen LogP contribution is 2.33. The Morgan fingerprint density at radius 2 is 1.93 bits per heavy atom. The van der Waals surface area contributed by atoms with E-state index in [2.05, 4.69) is 15.4 Å². The van der Waals surface area contributed by atoms with Crippen molar-refractivity contribution in [2.75, 3.05) is 24.7 Å². The van der Waals surface area contributed by atoms with Crippen molar-refractivity contribution < 1.29 is 13.2 Å². The molecule has 0 bridgehead atoms. The lowest BCUT2D eigenvalue weighted by Gasteiger charge is -2.14. The molecule has 1 aliphatic heterocycles. The second-order valence-corrected chi connectivity index (χ2v) is 11.4. The number of aromatic nitrogens is 1. The predicted molar refractivity (Wildman–Crippen MR) is 117 cm³/mol. The van der Waals surface area contributed by atoms with Crippen molar-refractivity contribution in [3.8, 4) is 0 Å². The molecule has 2 aromatic rings. The third-order valence-electron chi connectivity index (χ3n) is 4.86. The molecule has 0 radical (unpaired) electrons. The molecule has 0 unspecified atom stereocenters. The third-order valence-corrected chi connectivity index (χ3v) is 9.11. The predicted octanol–water partition coefficient (Wildman–Crippen LogP) is 3.24. The molecule has 7 nitrogen and oxygen atoms in total. The van der Waals surface area contributed by atoms with Gasteiger partial charge < -0.3 is 0 Å². The van der Waals surface area contributed by atoms with Gasteiger partial charge in [-0.15, -0.1) is 11.8 Å². The molecule has 0 atom stereocenters. The van der Waals surface area contributed by atoms with E-state index in [4.69, 9.17) is 0 Å². The minimum Gasteiger partial charge on any atom is -0.296 e. The summed E-state index contributed by atoms with van der Waals surface area (Å²) in [4.78, 5) is 17.5. The second kappa shape index (κ2) is 8.45. The first-order valence-electron chi connectivity index (χ1n) is 9.46.